The maximum atomic E-state index is 11.1. The minimum absolute atomic E-state index is 0.104. The molecule has 0 radical (unpaired) electrons. The molecule has 2 nitrogen and oxygen atoms in total. The molecule has 0 aromatic heterocycles. The summed E-state index contributed by atoms with van der Waals surface area (Å²) in [6.45, 7) is 1.97. The van der Waals surface area contributed by atoms with Crippen molar-refractivity contribution in [2.24, 2.45) is 0 Å². The number of halogens is 2. The van der Waals surface area contributed by atoms with E-state index in [9.17, 15) is 4.79 Å². The van der Waals surface area contributed by atoms with Crippen LogP contribution in [0.3, 0.4) is 0 Å². The predicted molar refractivity (Wildman–Crippen MR) is 64.2 cm³/mol. The van der Waals surface area contributed by atoms with Crippen LogP contribution in [0.2, 0.25) is 5.02 Å². The van der Waals surface area contributed by atoms with Gasteiger partial charge in [-0.3, -0.25) is 4.79 Å². The Balaban J connectivity index is 2.81. The molecule has 1 rings (SSSR count). The highest BCUT2D eigenvalue weighted by atomic mass is 79.9. The molecule has 1 aromatic rings. The molecule has 0 amide bonds. The molecule has 1 unspecified atom stereocenters. The van der Waals surface area contributed by atoms with E-state index in [0.717, 1.165) is 10.0 Å². The van der Waals surface area contributed by atoms with Gasteiger partial charge in [0, 0.05) is 9.50 Å². The summed E-state index contributed by atoms with van der Waals surface area (Å²) in [5.41, 5.74) is 1.03. The van der Waals surface area contributed by atoms with Gasteiger partial charge < -0.3 is 4.74 Å². The zero-order chi connectivity index (χ0) is 11.4. The summed E-state index contributed by atoms with van der Waals surface area (Å²) in [6, 6.07) is 5.63. The van der Waals surface area contributed by atoms with Crippen molar-refractivity contribution in [1.82, 2.24) is 0 Å². The fourth-order valence-electron chi connectivity index (χ4n) is 1.31. The predicted octanol–water partition coefficient (Wildman–Crippen LogP) is 3.77. The highest BCUT2D eigenvalue weighted by Crippen LogP contribution is 2.26. The van der Waals surface area contributed by atoms with E-state index in [-0.39, 0.29) is 11.9 Å². The maximum Gasteiger partial charge on any atom is 0.306 e. The van der Waals surface area contributed by atoms with Gasteiger partial charge in [-0.2, -0.15) is 0 Å². The van der Waals surface area contributed by atoms with Gasteiger partial charge in [0.2, 0.25) is 0 Å². The van der Waals surface area contributed by atoms with E-state index in [1.165, 1.54) is 7.11 Å². The van der Waals surface area contributed by atoms with Gasteiger partial charge in [-0.1, -0.05) is 34.5 Å². The molecule has 0 saturated heterocycles. The van der Waals surface area contributed by atoms with Crippen molar-refractivity contribution in [3.8, 4) is 0 Å². The Kier molecular flexibility index (Phi) is 4.61. The van der Waals surface area contributed by atoms with Gasteiger partial charge in [0.05, 0.1) is 13.5 Å². The maximum absolute atomic E-state index is 11.1. The van der Waals surface area contributed by atoms with E-state index in [2.05, 4.69) is 20.7 Å². The number of hydrogen-bond acceptors (Lipinski definition) is 2. The normalized spacial score (nSPS) is 12.3. The van der Waals surface area contributed by atoms with Crippen LogP contribution in [0, 0.1) is 0 Å². The standard InChI is InChI=1S/C11H12BrClO2/c1-7(3-11(14)15-2)8-4-9(12)6-10(13)5-8/h4-7H,3H2,1-2H3. The van der Waals surface area contributed by atoms with Gasteiger partial charge in [-0.25, -0.2) is 0 Å². The van der Waals surface area contributed by atoms with Gasteiger partial charge in [-0.05, 0) is 29.7 Å². The van der Waals surface area contributed by atoms with Crippen molar-refractivity contribution in [3.63, 3.8) is 0 Å². The third-order valence-corrected chi connectivity index (χ3v) is 2.83. The second-order valence-electron chi connectivity index (χ2n) is 3.38. The van der Waals surface area contributed by atoms with Crippen molar-refractivity contribution in [3.05, 3.63) is 33.3 Å². The Morgan fingerprint density at radius 3 is 2.73 bits per heavy atom. The molecule has 0 saturated carbocycles. The van der Waals surface area contributed by atoms with Crippen LogP contribution in [0.4, 0.5) is 0 Å². The zero-order valence-corrected chi connectivity index (χ0v) is 10.9. The number of esters is 1. The molecule has 0 bridgehead atoms. The minimum Gasteiger partial charge on any atom is -0.469 e. The minimum atomic E-state index is -0.210. The fourth-order valence-corrected chi connectivity index (χ4v) is 2.20. The van der Waals surface area contributed by atoms with E-state index in [4.69, 9.17) is 11.6 Å². The van der Waals surface area contributed by atoms with E-state index >= 15 is 0 Å². The quantitative estimate of drug-likeness (QED) is 0.793. The summed E-state index contributed by atoms with van der Waals surface area (Å²) in [5.74, 6) is -0.106. The lowest BCUT2D eigenvalue weighted by Gasteiger charge is -2.11. The average molecular weight is 292 g/mol. The molecule has 0 spiro atoms. The second kappa shape index (κ2) is 5.52. The van der Waals surface area contributed by atoms with E-state index in [0.29, 0.717) is 11.4 Å². The highest BCUT2D eigenvalue weighted by Gasteiger charge is 2.12. The van der Waals surface area contributed by atoms with Crippen LogP contribution < -0.4 is 0 Å². The Morgan fingerprint density at radius 2 is 2.20 bits per heavy atom. The first-order valence-corrected chi connectivity index (χ1v) is 5.73. The lowest BCUT2D eigenvalue weighted by molar-refractivity contribution is -0.140. The van der Waals surface area contributed by atoms with Crippen molar-refractivity contribution in [1.29, 1.82) is 0 Å². The molecule has 15 heavy (non-hydrogen) atoms. The largest absolute Gasteiger partial charge is 0.469 e. The van der Waals surface area contributed by atoms with Crippen molar-refractivity contribution in [2.75, 3.05) is 7.11 Å². The Morgan fingerprint density at radius 1 is 1.53 bits per heavy atom. The summed E-state index contributed by atoms with van der Waals surface area (Å²) in [5, 5.41) is 0.663. The number of hydrogen-bond donors (Lipinski definition) is 0. The number of ether oxygens (including phenoxy) is 1. The molecular weight excluding hydrogens is 279 g/mol. The first kappa shape index (κ1) is 12.5. The van der Waals surface area contributed by atoms with Gasteiger partial charge in [0.1, 0.15) is 0 Å². The van der Waals surface area contributed by atoms with Crippen LogP contribution in [0.5, 0.6) is 0 Å². The lowest BCUT2D eigenvalue weighted by atomic mass is 9.98. The van der Waals surface area contributed by atoms with Crippen LogP contribution >= 0.6 is 27.5 Å². The Labute approximate surface area is 103 Å². The van der Waals surface area contributed by atoms with Crippen LogP contribution in [-0.2, 0) is 9.53 Å². The molecule has 82 valence electrons. The second-order valence-corrected chi connectivity index (χ2v) is 4.74. The van der Waals surface area contributed by atoms with Crippen LogP contribution in [-0.4, -0.2) is 13.1 Å². The van der Waals surface area contributed by atoms with Gasteiger partial charge in [-0.15, -0.1) is 0 Å². The molecule has 0 aliphatic rings. The van der Waals surface area contributed by atoms with Gasteiger partial charge >= 0.3 is 5.97 Å². The number of carbonyl (C=O) groups excluding carboxylic acids is 1. The fraction of sp³-hybridized carbons (Fsp3) is 0.364. The summed E-state index contributed by atoms with van der Waals surface area (Å²) in [6.07, 6.45) is 0.364. The smallest absolute Gasteiger partial charge is 0.306 e. The van der Waals surface area contributed by atoms with Crippen LogP contribution in [0.1, 0.15) is 24.8 Å². The molecule has 1 atom stereocenters. The van der Waals surface area contributed by atoms with Gasteiger partial charge in [0.15, 0.2) is 0 Å². The van der Waals surface area contributed by atoms with Crippen LogP contribution in [0.25, 0.3) is 0 Å². The number of benzene rings is 1. The third-order valence-electron chi connectivity index (χ3n) is 2.15. The van der Waals surface area contributed by atoms with E-state index < -0.39 is 0 Å². The average Bonchev–Trinajstić information content (AvgIpc) is 2.16. The third kappa shape index (κ3) is 3.84. The zero-order valence-electron chi connectivity index (χ0n) is 8.59. The SMILES string of the molecule is COC(=O)CC(C)c1cc(Cl)cc(Br)c1. The summed E-state index contributed by atoms with van der Waals surface area (Å²) < 4.78 is 5.54. The number of methoxy groups -OCH3 is 1. The van der Waals surface area contributed by atoms with E-state index in [1.807, 2.05) is 25.1 Å². The molecule has 0 aliphatic heterocycles. The number of carbonyl (C=O) groups is 1. The summed E-state index contributed by atoms with van der Waals surface area (Å²) in [4.78, 5) is 11.1. The van der Waals surface area contributed by atoms with E-state index in [1.54, 1.807) is 0 Å². The first-order valence-electron chi connectivity index (χ1n) is 4.55. The first-order chi connectivity index (χ1) is 7.02. The van der Waals surface area contributed by atoms with Crippen molar-refractivity contribution in [2.45, 2.75) is 19.3 Å². The highest BCUT2D eigenvalue weighted by molar-refractivity contribution is 9.10. The summed E-state index contributed by atoms with van der Waals surface area (Å²) in [7, 11) is 1.39. The Hall–Kier alpha value is -0.540. The topological polar surface area (TPSA) is 26.3 Å². The lowest BCUT2D eigenvalue weighted by Crippen LogP contribution is -2.05. The molecule has 4 heteroatoms. The molecule has 0 heterocycles. The van der Waals surface area contributed by atoms with Crippen molar-refractivity contribution >= 4 is 33.5 Å². The monoisotopic (exact) mass is 290 g/mol. The molecule has 0 fully saturated rings. The summed E-state index contributed by atoms with van der Waals surface area (Å²) >= 11 is 9.28. The Bertz CT molecular complexity index is 345. The van der Waals surface area contributed by atoms with Crippen LogP contribution in [0.15, 0.2) is 22.7 Å². The molecule has 0 aliphatic carbocycles. The molecule has 1 aromatic carbocycles. The van der Waals surface area contributed by atoms with Crippen molar-refractivity contribution < 1.29 is 9.53 Å². The van der Waals surface area contributed by atoms with Gasteiger partial charge in [0.25, 0.3) is 0 Å². The molecule has 0 N–H and O–H groups in total. The molecular formula is C11H12BrClO2. The number of rotatable bonds is 3.